The molecule has 3 N–H and O–H groups in total. The lowest BCUT2D eigenvalue weighted by Gasteiger charge is -2.27. The third kappa shape index (κ3) is 9.53. The number of rotatable bonds is 12. The second-order valence-electron chi connectivity index (χ2n) is 8.34. The Bertz CT molecular complexity index is 876. The summed E-state index contributed by atoms with van der Waals surface area (Å²) in [6.07, 6.45) is 13.4. The van der Waals surface area contributed by atoms with Gasteiger partial charge in [0.1, 0.15) is 17.4 Å². The molecule has 0 aliphatic carbocycles. The second-order valence-corrected chi connectivity index (χ2v) is 8.34. The van der Waals surface area contributed by atoms with Crippen molar-refractivity contribution in [3.8, 4) is 5.75 Å². The number of aromatic hydroxyl groups is 1. The maximum Gasteiger partial charge on any atom is 0.342 e. The van der Waals surface area contributed by atoms with E-state index in [1.54, 1.807) is 30.5 Å². The molecule has 1 aliphatic heterocycles. The molecule has 1 amide bonds. The molecule has 34 heavy (non-hydrogen) atoms. The van der Waals surface area contributed by atoms with Crippen LogP contribution in [0.3, 0.4) is 0 Å². The maximum atomic E-state index is 13.0. The molecular formula is C27H37NO6. The van der Waals surface area contributed by atoms with Crippen molar-refractivity contribution in [1.29, 1.82) is 0 Å². The number of aliphatic hydroxyl groups excluding tert-OH is 1. The van der Waals surface area contributed by atoms with Gasteiger partial charge in [0.15, 0.2) is 0 Å². The van der Waals surface area contributed by atoms with Crippen molar-refractivity contribution >= 4 is 11.9 Å². The third-order valence-corrected chi connectivity index (χ3v) is 5.48. The Balaban J connectivity index is 1.99. The monoisotopic (exact) mass is 471 g/mol. The van der Waals surface area contributed by atoms with Crippen molar-refractivity contribution in [3.05, 3.63) is 65.9 Å². The molecule has 3 unspecified atom stereocenters. The quantitative estimate of drug-likeness (QED) is 0.238. The molecule has 0 saturated carbocycles. The highest BCUT2D eigenvalue weighted by molar-refractivity contribution is 5.94. The number of carbonyl (C=O) groups is 2. The fourth-order valence-electron chi connectivity index (χ4n) is 3.76. The summed E-state index contributed by atoms with van der Waals surface area (Å²) in [5, 5.41) is 23.0. The van der Waals surface area contributed by atoms with Crippen molar-refractivity contribution in [2.45, 2.75) is 77.1 Å². The summed E-state index contributed by atoms with van der Waals surface area (Å²) >= 11 is 0. The van der Waals surface area contributed by atoms with Crippen molar-refractivity contribution < 1.29 is 29.3 Å². The van der Waals surface area contributed by atoms with Gasteiger partial charge in [-0.2, -0.15) is 0 Å². The number of allylic oxidation sites excluding steroid dienone is 3. The van der Waals surface area contributed by atoms with Crippen LogP contribution in [0.4, 0.5) is 0 Å². The van der Waals surface area contributed by atoms with E-state index in [-0.39, 0.29) is 23.3 Å². The zero-order chi connectivity index (χ0) is 24.8. The smallest absolute Gasteiger partial charge is 0.342 e. The van der Waals surface area contributed by atoms with Crippen molar-refractivity contribution in [2.24, 2.45) is 0 Å². The second kappa shape index (κ2) is 15.1. The number of hydrogen-bond acceptors (Lipinski definition) is 6. The topological polar surface area (TPSA) is 105 Å². The zero-order valence-corrected chi connectivity index (χ0v) is 20.1. The lowest BCUT2D eigenvalue weighted by molar-refractivity contribution is -0.115. The molecule has 2 rings (SSSR count). The van der Waals surface area contributed by atoms with Crippen LogP contribution in [-0.4, -0.2) is 47.0 Å². The summed E-state index contributed by atoms with van der Waals surface area (Å²) in [6, 6.07) is 4.92. The molecule has 3 atom stereocenters. The van der Waals surface area contributed by atoms with E-state index < -0.39 is 18.2 Å². The number of phenolic OH excluding ortho intramolecular Hbond substituents is 1. The number of benzene rings is 1. The van der Waals surface area contributed by atoms with Crippen LogP contribution in [-0.2, 0) is 20.7 Å². The normalized spacial score (nSPS) is 19.6. The van der Waals surface area contributed by atoms with E-state index >= 15 is 0 Å². The minimum atomic E-state index is -0.592. The molecule has 0 radical (unpaired) electrons. The Morgan fingerprint density at radius 2 is 2.09 bits per heavy atom. The molecule has 186 valence electrons. The molecule has 1 heterocycles. The number of ether oxygens (including phenoxy) is 2. The van der Waals surface area contributed by atoms with Gasteiger partial charge >= 0.3 is 5.97 Å². The Morgan fingerprint density at radius 1 is 1.26 bits per heavy atom. The minimum Gasteiger partial charge on any atom is -0.507 e. The Hall–Kier alpha value is -2.90. The largest absolute Gasteiger partial charge is 0.507 e. The number of esters is 1. The standard InChI is InChI=1S/C27H37NO6/c1-3-5-6-7-14-25(31)28-16-9-12-22(10-4-2)34-27(32)26-20(11-8-13-24(26)30)18-23-19-21(29)15-17-33-23/h5-9,11,13-14,16,21-23,29-30H,3-4,10,12,15,17-19H2,1-2H3,(H,28,31)/b6-5-,14-7-,16-9+. The van der Waals surface area contributed by atoms with Gasteiger partial charge in [-0.1, -0.05) is 56.7 Å². The number of phenols is 1. The van der Waals surface area contributed by atoms with Crippen LogP contribution in [0, 0.1) is 0 Å². The first-order chi connectivity index (χ1) is 16.4. The molecular weight excluding hydrogens is 434 g/mol. The molecule has 1 fully saturated rings. The van der Waals surface area contributed by atoms with Crippen molar-refractivity contribution in [1.82, 2.24) is 5.32 Å². The van der Waals surface area contributed by atoms with E-state index in [0.717, 1.165) is 12.8 Å². The van der Waals surface area contributed by atoms with Gasteiger partial charge in [0.05, 0.1) is 12.2 Å². The summed E-state index contributed by atoms with van der Waals surface area (Å²) in [5.74, 6) is -0.971. The molecule has 0 spiro atoms. The van der Waals surface area contributed by atoms with E-state index in [0.29, 0.717) is 44.3 Å². The molecule has 0 aromatic heterocycles. The van der Waals surface area contributed by atoms with E-state index in [4.69, 9.17) is 9.47 Å². The Morgan fingerprint density at radius 3 is 2.82 bits per heavy atom. The average molecular weight is 472 g/mol. The number of hydrogen-bond donors (Lipinski definition) is 3. The highest BCUT2D eigenvalue weighted by atomic mass is 16.5. The van der Waals surface area contributed by atoms with Crippen LogP contribution in [0.2, 0.25) is 0 Å². The number of nitrogens with one attached hydrogen (secondary N) is 1. The van der Waals surface area contributed by atoms with Gasteiger partial charge in [0.2, 0.25) is 5.91 Å². The van der Waals surface area contributed by atoms with E-state index in [1.165, 1.54) is 12.1 Å². The first-order valence-electron chi connectivity index (χ1n) is 12.0. The summed E-state index contributed by atoms with van der Waals surface area (Å²) < 4.78 is 11.5. The van der Waals surface area contributed by atoms with Crippen molar-refractivity contribution in [2.75, 3.05) is 6.61 Å². The van der Waals surface area contributed by atoms with Gasteiger partial charge in [-0.05, 0) is 43.7 Å². The van der Waals surface area contributed by atoms with Crippen LogP contribution in [0.15, 0.2) is 54.8 Å². The third-order valence-electron chi connectivity index (χ3n) is 5.48. The fourth-order valence-corrected chi connectivity index (χ4v) is 3.76. The van der Waals surface area contributed by atoms with E-state index in [2.05, 4.69) is 5.32 Å². The first-order valence-corrected chi connectivity index (χ1v) is 12.0. The molecule has 0 bridgehead atoms. The van der Waals surface area contributed by atoms with E-state index in [1.807, 2.05) is 26.0 Å². The molecule has 1 saturated heterocycles. The zero-order valence-electron chi connectivity index (χ0n) is 20.1. The highest BCUT2D eigenvalue weighted by Gasteiger charge is 2.26. The maximum absolute atomic E-state index is 13.0. The van der Waals surface area contributed by atoms with Gasteiger partial charge in [0, 0.05) is 25.3 Å². The number of amides is 1. The Kier molecular flexibility index (Phi) is 12.1. The molecule has 1 aliphatic rings. The van der Waals surface area contributed by atoms with Gasteiger partial charge in [-0.25, -0.2) is 4.79 Å². The van der Waals surface area contributed by atoms with E-state index in [9.17, 15) is 19.8 Å². The number of carbonyl (C=O) groups excluding carboxylic acids is 2. The van der Waals surface area contributed by atoms with Crippen LogP contribution < -0.4 is 5.32 Å². The van der Waals surface area contributed by atoms with Crippen LogP contribution in [0.25, 0.3) is 0 Å². The van der Waals surface area contributed by atoms with Crippen molar-refractivity contribution in [3.63, 3.8) is 0 Å². The number of aliphatic hydroxyl groups is 1. The molecule has 1 aromatic rings. The minimum absolute atomic E-state index is 0.134. The highest BCUT2D eigenvalue weighted by Crippen LogP contribution is 2.27. The van der Waals surface area contributed by atoms with Gasteiger partial charge in [0.25, 0.3) is 0 Å². The first kappa shape index (κ1) is 27.3. The summed E-state index contributed by atoms with van der Waals surface area (Å²) in [7, 11) is 0. The fraction of sp³-hybridized carbons (Fsp3) is 0.481. The Labute approximate surface area is 202 Å². The lowest BCUT2D eigenvalue weighted by Crippen LogP contribution is -2.31. The van der Waals surface area contributed by atoms with Gasteiger partial charge < -0.3 is 25.0 Å². The van der Waals surface area contributed by atoms with Crippen LogP contribution >= 0.6 is 0 Å². The van der Waals surface area contributed by atoms with Crippen LogP contribution in [0.1, 0.15) is 68.3 Å². The van der Waals surface area contributed by atoms with Crippen LogP contribution in [0.5, 0.6) is 5.75 Å². The average Bonchev–Trinajstić information content (AvgIpc) is 2.79. The molecule has 7 heteroatoms. The summed E-state index contributed by atoms with van der Waals surface area (Å²) in [6.45, 7) is 4.48. The molecule has 7 nitrogen and oxygen atoms in total. The summed E-state index contributed by atoms with van der Waals surface area (Å²) in [5.41, 5.74) is 0.765. The molecule has 1 aromatic carbocycles. The van der Waals surface area contributed by atoms with Gasteiger partial charge in [-0.3, -0.25) is 4.79 Å². The lowest BCUT2D eigenvalue weighted by atomic mass is 9.95. The summed E-state index contributed by atoms with van der Waals surface area (Å²) in [4.78, 5) is 24.8. The SMILES string of the molecule is CC/C=C\C=C/C(=O)N/C=C/CC(CCC)OC(=O)c1c(O)cccc1CC1CC(O)CCO1. The predicted molar refractivity (Wildman–Crippen MR) is 131 cm³/mol. The predicted octanol–water partition coefficient (Wildman–Crippen LogP) is 4.34. The van der Waals surface area contributed by atoms with Gasteiger partial charge in [-0.15, -0.1) is 0 Å².